The molecule has 0 saturated carbocycles. The summed E-state index contributed by atoms with van der Waals surface area (Å²) in [7, 11) is 0. The first-order chi connectivity index (χ1) is 13.3. The average molecular weight is 354 g/mol. The lowest BCUT2D eigenvalue weighted by Gasteiger charge is -2.22. The van der Waals surface area contributed by atoms with E-state index in [9.17, 15) is 0 Å². The molecule has 0 spiro atoms. The Morgan fingerprint density at radius 1 is 1.04 bits per heavy atom. The van der Waals surface area contributed by atoms with Crippen molar-refractivity contribution in [2.75, 3.05) is 10.2 Å². The zero-order valence-electron chi connectivity index (χ0n) is 14.9. The lowest BCUT2D eigenvalue weighted by Crippen LogP contribution is -2.26. The number of para-hydroxylation sites is 2. The largest absolute Gasteiger partial charge is 0.337 e. The predicted molar refractivity (Wildman–Crippen MR) is 107 cm³/mol. The SMILES string of the molecule is CC1Cc2ccccc2N1c1nncc(Nc2cccc3cccnc23)n1. The number of aromatic nitrogens is 4. The van der Waals surface area contributed by atoms with Crippen LogP contribution >= 0.6 is 0 Å². The Bertz CT molecular complexity index is 1120. The van der Waals surface area contributed by atoms with E-state index in [0.29, 0.717) is 17.8 Å². The maximum absolute atomic E-state index is 4.72. The van der Waals surface area contributed by atoms with Gasteiger partial charge in [-0.25, -0.2) is 0 Å². The number of fused-ring (bicyclic) bond motifs is 2. The third-order valence-electron chi connectivity index (χ3n) is 4.87. The van der Waals surface area contributed by atoms with Crippen molar-refractivity contribution in [2.45, 2.75) is 19.4 Å². The first kappa shape index (κ1) is 15.7. The smallest absolute Gasteiger partial charge is 0.252 e. The van der Waals surface area contributed by atoms with E-state index >= 15 is 0 Å². The van der Waals surface area contributed by atoms with E-state index in [-0.39, 0.29) is 0 Å². The number of hydrogen-bond donors (Lipinski definition) is 1. The first-order valence-electron chi connectivity index (χ1n) is 8.97. The van der Waals surface area contributed by atoms with Crippen LogP contribution in [0.25, 0.3) is 10.9 Å². The molecule has 2 aromatic heterocycles. The fourth-order valence-electron chi connectivity index (χ4n) is 3.67. The highest BCUT2D eigenvalue weighted by Crippen LogP contribution is 2.36. The van der Waals surface area contributed by atoms with Gasteiger partial charge in [0.25, 0.3) is 5.95 Å². The van der Waals surface area contributed by atoms with Crippen molar-refractivity contribution in [3.63, 3.8) is 0 Å². The Labute approximate surface area is 156 Å². The van der Waals surface area contributed by atoms with E-state index in [4.69, 9.17) is 4.98 Å². The van der Waals surface area contributed by atoms with Crippen LogP contribution in [0.15, 0.2) is 67.0 Å². The van der Waals surface area contributed by atoms with Crippen molar-refractivity contribution >= 4 is 34.0 Å². The Morgan fingerprint density at radius 2 is 1.93 bits per heavy atom. The Hall–Kier alpha value is -3.54. The van der Waals surface area contributed by atoms with Crippen LogP contribution in [-0.2, 0) is 6.42 Å². The normalized spacial score (nSPS) is 15.7. The van der Waals surface area contributed by atoms with Crippen molar-refractivity contribution < 1.29 is 0 Å². The van der Waals surface area contributed by atoms with Gasteiger partial charge >= 0.3 is 0 Å². The monoisotopic (exact) mass is 354 g/mol. The Kier molecular flexibility index (Phi) is 3.67. The van der Waals surface area contributed by atoms with Crippen LogP contribution in [-0.4, -0.2) is 26.2 Å². The fraction of sp³-hybridized carbons (Fsp3) is 0.143. The Balaban J connectivity index is 1.51. The van der Waals surface area contributed by atoms with Crippen LogP contribution in [0.3, 0.4) is 0 Å². The second kappa shape index (κ2) is 6.32. The van der Waals surface area contributed by atoms with Gasteiger partial charge in [-0.2, -0.15) is 10.1 Å². The van der Waals surface area contributed by atoms with Crippen molar-refractivity contribution in [3.05, 3.63) is 72.6 Å². The van der Waals surface area contributed by atoms with Crippen LogP contribution in [0.5, 0.6) is 0 Å². The number of nitrogens with zero attached hydrogens (tertiary/aromatic N) is 5. The van der Waals surface area contributed by atoms with Crippen molar-refractivity contribution in [1.82, 2.24) is 20.2 Å². The summed E-state index contributed by atoms with van der Waals surface area (Å²) >= 11 is 0. The van der Waals surface area contributed by atoms with Crippen LogP contribution in [0.1, 0.15) is 12.5 Å². The molecule has 0 amide bonds. The van der Waals surface area contributed by atoms with Crippen LogP contribution in [0.4, 0.5) is 23.1 Å². The summed E-state index contributed by atoms with van der Waals surface area (Å²) < 4.78 is 0. The van der Waals surface area contributed by atoms with Gasteiger partial charge in [-0.1, -0.05) is 36.4 Å². The summed E-state index contributed by atoms with van der Waals surface area (Å²) in [6.45, 7) is 2.18. The number of nitrogens with one attached hydrogen (secondary N) is 1. The maximum Gasteiger partial charge on any atom is 0.252 e. The summed E-state index contributed by atoms with van der Waals surface area (Å²) in [6, 6.07) is 18.7. The van der Waals surface area contributed by atoms with Gasteiger partial charge in [-0.05, 0) is 37.1 Å². The van der Waals surface area contributed by atoms with E-state index in [1.54, 1.807) is 12.4 Å². The van der Waals surface area contributed by atoms with Crippen LogP contribution in [0, 0.1) is 0 Å². The first-order valence-corrected chi connectivity index (χ1v) is 8.97. The molecule has 3 heterocycles. The minimum Gasteiger partial charge on any atom is -0.337 e. The molecule has 1 unspecified atom stereocenters. The minimum atomic E-state index is 0.290. The molecule has 6 heteroatoms. The molecular weight excluding hydrogens is 336 g/mol. The lowest BCUT2D eigenvalue weighted by atomic mass is 10.1. The summed E-state index contributed by atoms with van der Waals surface area (Å²) in [5.41, 5.74) is 4.26. The molecule has 4 aromatic rings. The molecule has 0 fully saturated rings. The molecule has 1 aliphatic heterocycles. The third-order valence-corrected chi connectivity index (χ3v) is 4.87. The van der Waals surface area contributed by atoms with Gasteiger partial charge in [0, 0.05) is 23.3 Å². The van der Waals surface area contributed by atoms with Gasteiger partial charge in [-0.3, -0.25) is 4.98 Å². The number of pyridine rings is 1. The number of benzene rings is 2. The summed E-state index contributed by atoms with van der Waals surface area (Å²) in [6.07, 6.45) is 4.41. The standard InChI is InChI=1S/C21H18N6/c1-14-12-16-6-2-3-10-18(16)27(14)21-25-19(13-23-26-21)24-17-9-4-7-15-8-5-11-22-20(15)17/h2-11,13-14H,12H2,1H3,(H,24,25,26). The molecule has 6 nitrogen and oxygen atoms in total. The zero-order chi connectivity index (χ0) is 18.2. The zero-order valence-corrected chi connectivity index (χ0v) is 14.9. The molecule has 2 aromatic carbocycles. The summed E-state index contributed by atoms with van der Waals surface area (Å²) in [4.78, 5) is 11.3. The quantitative estimate of drug-likeness (QED) is 0.593. The minimum absolute atomic E-state index is 0.290. The second-order valence-corrected chi connectivity index (χ2v) is 6.70. The molecule has 0 aliphatic carbocycles. The highest BCUT2D eigenvalue weighted by atomic mass is 15.4. The molecule has 27 heavy (non-hydrogen) atoms. The number of rotatable bonds is 3. The highest BCUT2D eigenvalue weighted by Gasteiger charge is 2.29. The predicted octanol–water partition coefficient (Wildman–Crippen LogP) is 4.25. The van der Waals surface area contributed by atoms with Crippen molar-refractivity contribution in [2.24, 2.45) is 0 Å². The molecule has 0 bridgehead atoms. The van der Waals surface area contributed by atoms with Crippen LogP contribution in [0.2, 0.25) is 0 Å². The summed E-state index contributed by atoms with van der Waals surface area (Å²) in [5, 5.41) is 12.9. The van der Waals surface area contributed by atoms with Gasteiger partial charge in [0.1, 0.15) is 0 Å². The topological polar surface area (TPSA) is 66.8 Å². The van der Waals surface area contributed by atoms with E-state index in [1.807, 2.05) is 36.4 Å². The van der Waals surface area contributed by atoms with Gasteiger partial charge in [-0.15, -0.1) is 5.10 Å². The number of anilines is 4. The van der Waals surface area contributed by atoms with E-state index < -0.39 is 0 Å². The van der Waals surface area contributed by atoms with Gasteiger partial charge in [0.15, 0.2) is 5.82 Å². The molecule has 0 radical (unpaired) electrons. The third kappa shape index (κ3) is 2.75. The lowest BCUT2D eigenvalue weighted by molar-refractivity contribution is 0.730. The van der Waals surface area contributed by atoms with Gasteiger partial charge < -0.3 is 10.2 Å². The van der Waals surface area contributed by atoms with Crippen molar-refractivity contribution in [3.8, 4) is 0 Å². The molecule has 1 atom stereocenters. The van der Waals surface area contributed by atoms with Gasteiger partial charge in [0.2, 0.25) is 0 Å². The molecule has 132 valence electrons. The average Bonchev–Trinajstić information content (AvgIpc) is 3.04. The van der Waals surface area contributed by atoms with Crippen molar-refractivity contribution in [1.29, 1.82) is 0 Å². The maximum atomic E-state index is 4.72. The Morgan fingerprint density at radius 3 is 2.89 bits per heavy atom. The van der Waals surface area contributed by atoms with E-state index in [0.717, 1.165) is 28.7 Å². The molecule has 0 saturated heterocycles. The second-order valence-electron chi connectivity index (χ2n) is 6.70. The molecule has 5 rings (SSSR count). The van der Waals surface area contributed by atoms with Gasteiger partial charge in [0.05, 0.1) is 17.4 Å². The molecular formula is C21H18N6. The molecule has 1 N–H and O–H groups in total. The number of hydrogen-bond acceptors (Lipinski definition) is 6. The van der Waals surface area contributed by atoms with E-state index in [1.165, 1.54) is 5.56 Å². The molecule has 1 aliphatic rings. The van der Waals surface area contributed by atoms with Crippen LogP contribution < -0.4 is 10.2 Å². The highest BCUT2D eigenvalue weighted by molar-refractivity contribution is 5.91. The van der Waals surface area contributed by atoms with E-state index in [2.05, 4.69) is 50.5 Å². The fourth-order valence-corrected chi connectivity index (χ4v) is 3.67. The summed E-state index contributed by atoms with van der Waals surface area (Å²) in [5.74, 6) is 1.25.